The molecule has 3 aromatic carbocycles. The molecule has 1 saturated heterocycles. The topological polar surface area (TPSA) is 58.6 Å². The highest BCUT2D eigenvalue weighted by Crippen LogP contribution is 2.33. The Labute approximate surface area is 196 Å². The molecule has 2 amide bonds. The van der Waals surface area contributed by atoms with Crippen LogP contribution in [0.1, 0.15) is 25.0 Å². The molecule has 1 aliphatic heterocycles. The fraction of sp³-hybridized carbons (Fsp3) is 0.160. The second-order valence-corrected chi connectivity index (χ2v) is 8.55. The summed E-state index contributed by atoms with van der Waals surface area (Å²) in [4.78, 5) is 27.5. The first-order valence-corrected chi connectivity index (χ1v) is 10.9. The van der Waals surface area contributed by atoms with Crippen LogP contribution >= 0.6 is 23.8 Å². The van der Waals surface area contributed by atoms with Gasteiger partial charge in [0, 0.05) is 10.6 Å². The predicted molar refractivity (Wildman–Crippen MR) is 132 cm³/mol. The van der Waals surface area contributed by atoms with Gasteiger partial charge < -0.3 is 4.74 Å². The van der Waals surface area contributed by atoms with E-state index in [1.807, 2.05) is 57.2 Å². The lowest BCUT2D eigenvalue weighted by Crippen LogP contribution is -2.54. The summed E-state index contributed by atoms with van der Waals surface area (Å²) in [5.41, 5.74) is 1.97. The Morgan fingerprint density at radius 3 is 2.56 bits per heavy atom. The van der Waals surface area contributed by atoms with Crippen LogP contribution < -0.4 is 15.0 Å². The van der Waals surface area contributed by atoms with Crippen LogP contribution in [-0.4, -0.2) is 23.0 Å². The maximum absolute atomic E-state index is 13.4. The zero-order chi connectivity index (χ0) is 23.0. The predicted octanol–water partition coefficient (Wildman–Crippen LogP) is 5.42. The van der Waals surface area contributed by atoms with Crippen molar-refractivity contribution < 1.29 is 14.3 Å². The van der Waals surface area contributed by atoms with E-state index >= 15 is 0 Å². The quantitative estimate of drug-likeness (QED) is 0.318. The normalized spacial score (nSPS) is 15.6. The maximum atomic E-state index is 13.4. The van der Waals surface area contributed by atoms with Crippen molar-refractivity contribution in [2.24, 2.45) is 0 Å². The number of carbonyl (C=O) groups is 2. The van der Waals surface area contributed by atoms with Crippen molar-refractivity contribution in [3.8, 4) is 5.75 Å². The first-order chi connectivity index (χ1) is 15.3. The molecule has 0 saturated carbocycles. The number of fused-ring (bicyclic) bond motifs is 1. The standard InChI is InChI=1S/C25H21ClN2O3S/c1-14(2)31-22-11-9-16-6-4-5-7-18(16)19(22)13-20-23(29)27-25(32)28(24(20)30)17-10-8-15(3)21(26)12-17/h4-14H,1-3H3,(H,27,29,32)/b20-13+. The molecule has 162 valence electrons. The number of benzene rings is 3. The Hall–Kier alpha value is -3.22. The molecule has 0 spiro atoms. The highest BCUT2D eigenvalue weighted by atomic mass is 35.5. The Balaban J connectivity index is 1.86. The van der Waals surface area contributed by atoms with E-state index in [0.717, 1.165) is 16.3 Å². The highest BCUT2D eigenvalue weighted by Gasteiger charge is 2.35. The van der Waals surface area contributed by atoms with E-state index in [4.69, 9.17) is 28.6 Å². The summed E-state index contributed by atoms with van der Waals surface area (Å²) in [6.07, 6.45) is 1.49. The molecule has 7 heteroatoms. The third-order valence-corrected chi connectivity index (χ3v) is 5.79. The first kappa shape index (κ1) is 22.0. The minimum atomic E-state index is -0.558. The van der Waals surface area contributed by atoms with Gasteiger partial charge in [-0.2, -0.15) is 0 Å². The van der Waals surface area contributed by atoms with Crippen LogP contribution in [0.15, 0.2) is 60.2 Å². The molecule has 0 radical (unpaired) electrons. The van der Waals surface area contributed by atoms with E-state index in [9.17, 15) is 9.59 Å². The zero-order valence-corrected chi connectivity index (χ0v) is 19.4. The molecule has 1 fully saturated rings. The van der Waals surface area contributed by atoms with Gasteiger partial charge in [0.05, 0.1) is 11.8 Å². The second-order valence-electron chi connectivity index (χ2n) is 7.76. The summed E-state index contributed by atoms with van der Waals surface area (Å²) < 4.78 is 5.98. The van der Waals surface area contributed by atoms with Gasteiger partial charge in [-0.05, 0) is 73.6 Å². The van der Waals surface area contributed by atoms with Crippen LogP contribution in [0.4, 0.5) is 5.69 Å². The van der Waals surface area contributed by atoms with Crippen LogP contribution in [0.25, 0.3) is 16.8 Å². The fourth-order valence-electron chi connectivity index (χ4n) is 3.54. The van der Waals surface area contributed by atoms with Gasteiger partial charge in [-0.15, -0.1) is 0 Å². The molecular weight excluding hydrogens is 444 g/mol. The molecule has 1 aliphatic rings. The lowest BCUT2D eigenvalue weighted by molar-refractivity contribution is -0.122. The molecule has 1 N–H and O–H groups in total. The molecule has 0 unspecified atom stereocenters. The summed E-state index contributed by atoms with van der Waals surface area (Å²) >= 11 is 11.6. The average Bonchev–Trinajstić information content (AvgIpc) is 2.74. The number of thiocarbonyl (C=S) groups is 1. The molecule has 0 atom stereocenters. The SMILES string of the molecule is Cc1ccc(N2C(=O)/C(=C/c3c(OC(C)C)ccc4ccccc34)C(=O)NC2=S)cc1Cl. The van der Waals surface area contributed by atoms with E-state index in [0.29, 0.717) is 22.0 Å². The lowest BCUT2D eigenvalue weighted by Gasteiger charge is -2.29. The zero-order valence-electron chi connectivity index (χ0n) is 17.8. The minimum absolute atomic E-state index is 0.00800. The van der Waals surface area contributed by atoms with Gasteiger partial charge >= 0.3 is 0 Å². The number of nitrogens with one attached hydrogen (secondary N) is 1. The van der Waals surface area contributed by atoms with Crippen molar-refractivity contribution in [3.05, 3.63) is 76.3 Å². The molecule has 0 bridgehead atoms. The number of hydrogen-bond acceptors (Lipinski definition) is 4. The Kier molecular flexibility index (Phi) is 6.00. The number of rotatable bonds is 4. The van der Waals surface area contributed by atoms with Gasteiger partial charge in [-0.3, -0.25) is 19.8 Å². The van der Waals surface area contributed by atoms with Crippen LogP contribution in [-0.2, 0) is 9.59 Å². The van der Waals surface area contributed by atoms with E-state index in [2.05, 4.69) is 5.32 Å². The summed E-state index contributed by atoms with van der Waals surface area (Å²) in [5, 5.41) is 4.97. The van der Waals surface area contributed by atoms with E-state index in [1.165, 1.54) is 4.90 Å². The van der Waals surface area contributed by atoms with Crippen molar-refractivity contribution >= 4 is 63.3 Å². The van der Waals surface area contributed by atoms with Crippen molar-refractivity contribution in [1.29, 1.82) is 0 Å². The molecule has 32 heavy (non-hydrogen) atoms. The largest absolute Gasteiger partial charge is 0.490 e. The Morgan fingerprint density at radius 2 is 1.84 bits per heavy atom. The average molecular weight is 465 g/mol. The third-order valence-electron chi connectivity index (χ3n) is 5.10. The van der Waals surface area contributed by atoms with E-state index < -0.39 is 11.8 Å². The number of aryl methyl sites for hydroxylation is 1. The van der Waals surface area contributed by atoms with Gasteiger partial charge in [0.2, 0.25) is 0 Å². The summed E-state index contributed by atoms with van der Waals surface area (Å²) in [7, 11) is 0. The van der Waals surface area contributed by atoms with Gasteiger partial charge in [-0.1, -0.05) is 48.0 Å². The first-order valence-electron chi connectivity index (χ1n) is 10.1. The number of hydrogen-bond donors (Lipinski definition) is 1. The molecule has 1 heterocycles. The monoisotopic (exact) mass is 464 g/mol. The second kappa shape index (κ2) is 8.73. The van der Waals surface area contributed by atoms with Gasteiger partial charge in [0.15, 0.2) is 5.11 Å². The van der Waals surface area contributed by atoms with Crippen molar-refractivity contribution in [2.75, 3.05) is 4.90 Å². The van der Waals surface area contributed by atoms with Crippen LogP contribution in [0, 0.1) is 6.92 Å². The van der Waals surface area contributed by atoms with Gasteiger partial charge in [0.25, 0.3) is 11.8 Å². The minimum Gasteiger partial charge on any atom is -0.490 e. The summed E-state index contributed by atoms with van der Waals surface area (Å²) in [5.74, 6) is -0.495. The van der Waals surface area contributed by atoms with Crippen molar-refractivity contribution in [2.45, 2.75) is 26.9 Å². The molecule has 4 rings (SSSR count). The molecule has 3 aromatic rings. The van der Waals surface area contributed by atoms with Crippen molar-refractivity contribution in [1.82, 2.24) is 5.32 Å². The summed E-state index contributed by atoms with van der Waals surface area (Å²) in [6.45, 7) is 5.71. The number of ether oxygens (including phenoxy) is 1. The Bertz CT molecular complexity index is 1300. The fourth-order valence-corrected chi connectivity index (χ4v) is 3.99. The number of carbonyl (C=O) groups excluding carboxylic acids is 2. The van der Waals surface area contributed by atoms with Crippen molar-refractivity contribution in [3.63, 3.8) is 0 Å². The number of halogens is 1. The smallest absolute Gasteiger partial charge is 0.270 e. The molecule has 5 nitrogen and oxygen atoms in total. The van der Waals surface area contributed by atoms with Gasteiger partial charge in [0.1, 0.15) is 11.3 Å². The number of anilines is 1. The van der Waals surface area contributed by atoms with E-state index in [-0.39, 0.29) is 16.8 Å². The highest BCUT2D eigenvalue weighted by molar-refractivity contribution is 7.80. The van der Waals surface area contributed by atoms with Crippen LogP contribution in [0.5, 0.6) is 5.75 Å². The lowest BCUT2D eigenvalue weighted by atomic mass is 9.99. The molecule has 0 aromatic heterocycles. The third kappa shape index (κ3) is 4.11. The number of nitrogens with zero attached hydrogens (tertiary/aromatic N) is 1. The van der Waals surface area contributed by atoms with Crippen LogP contribution in [0.2, 0.25) is 5.02 Å². The van der Waals surface area contributed by atoms with Gasteiger partial charge in [-0.25, -0.2) is 0 Å². The molecule has 0 aliphatic carbocycles. The number of amides is 2. The Morgan fingerprint density at radius 1 is 1.09 bits per heavy atom. The molecular formula is C25H21ClN2O3S. The van der Waals surface area contributed by atoms with Crippen LogP contribution in [0.3, 0.4) is 0 Å². The maximum Gasteiger partial charge on any atom is 0.270 e. The summed E-state index contributed by atoms with van der Waals surface area (Å²) in [6, 6.07) is 16.7. The van der Waals surface area contributed by atoms with E-state index in [1.54, 1.807) is 24.3 Å².